The van der Waals surface area contributed by atoms with Crippen LogP contribution >= 0.6 is 0 Å². The van der Waals surface area contributed by atoms with Crippen molar-refractivity contribution in [3.63, 3.8) is 0 Å². The Balaban J connectivity index is 2.14. The smallest absolute Gasteiger partial charge is 0.236 e. The number of nitrogens with zero attached hydrogens (tertiary/aromatic N) is 5. The minimum absolute atomic E-state index is 0.131. The van der Waals surface area contributed by atoms with E-state index in [4.69, 9.17) is 5.26 Å². The maximum Gasteiger partial charge on any atom is 0.236 e. The number of benzene rings is 1. The summed E-state index contributed by atoms with van der Waals surface area (Å²) in [7, 11) is 0. The standard InChI is InChI=1S/C14H12N6/c1-2-20-9-16-12-13(17-10-6-4-3-5-7-10)18-11(8-15)19-14(12)20/h3-7,9H,2H2,1H3,(H,17,18,19). The van der Waals surface area contributed by atoms with Gasteiger partial charge in [0, 0.05) is 12.2 Å². The van der Waals surface area contributed by atoms with Crippen LogP contribution in [0.1, 0.15) is 12.7 Å². The highest BCUT2D eigenvalue weighted by atomic mass is 15.2. The van der Waals surface area contributed by atoms with Gasteiger partial charge in [-0.1, -0.05) is 18.2 Å². The molecule has 6 nitrogen and oxygen atoms in total. The van der Waals surface area contributed by atoms with Crippen LogP contribution in [-0.4, -0.2) is 19.5 Å². The molecule has 0 radical (unpaired) electrons. The SMILES string of the molecule is CCn1cnc2c(Nc3ccccc3)nc(C#N)nc21. The summed E-state index contributed by atoms with van der Waals surface area (Å²) in [5.74, 6) is 0.677. The molecule has 98 valence electrons. The zero-order valence-corrected chi connectivity index (χ0v) is 10.9. The van der Waals surface area contributed by atoms with E-state index in [0.717, 1.165) is 12.2 Å². The summed E-state index contributed by atoms with van der Waals surface area (Å²) < 4.78 is 1.88. The van der Waals surface area contributed by atoms with Crippen molar-refractivity contribution in [2.45, 2.75) is 13.5 Å². The van der Waals surface area contributed by atoms with Crippen molar-refractivity contribution in [2.24, 2.45) is 0 Å². The van der Waals surface area contributed by atoms with E-state index in [1.165, 1.54) is 0 Å². The van der Waals surface area contributed by atoms with Crippen molar-refractivity contribution in [3.8, 4) is 6.07 Å². The Kier molecular flexibility index (Phi) is 3.01. The fourth-order valence-electron chi connectivity index (χ4n) is 1.97. The maximum atomic E-state index is 9.06. The molecule has 3 aromatic rings. The van der Waals surface area contributed by atoms with Gasteiger partial charge in [-0.15, -0.1) is 0 Å². The summed E-state index contributed by atoms with van der Waals surface area (Å²) in [6, 6.07) is 11.6. The largest absolute Gasteiger partial charge is 0.338 e. The van der Waals surface area contributed by atoms with Crippen LogP contribution in [0, 0.1) is 11.3 Å². The van der Waals surface area contributed by atoms with Gasteiger partial charge in [0.25, 0.3) is 0 Å². The first-order chi connectivity index (χ1) is 9.81. The molecule has 0 aliphatic carbocycles. The van der Waals surface area contributed by atoms with Gasteiger partial charge < -0.3 is 9.88 Å². The van der Waals surface area contributed by atoms with Gasteiger partial charge in [0.05, 0.1) is 6.33 Å². The van der Waals surface area contributed by atoms with Gasteiger partial charge in [0.2, 0.25) is 5.82 Å². The molecular weight excluding hydrogens is 252 g/mol. The average Bonchev–Trinajstić information content (AvgIpc) is 2.91. The molecule has 0 unspecified atom stereocenters. The van der Waals surface area contributed by atoms with Crippen LogP contribution in [0.4, 0.5) is 11.5 Å². The summed E-state index contributed by atoms with van der Waals surface area (Å²) in [4.78, 5) is 12.7. The topological polar surface area (TPSA) is 79.4 Å². The molecule has 0 saturated heterocycles. The van der Waals surface area contributed by atoms with E-state index in [9.17, 15) is 0 Å². The summed E-state index contributed by atoms with van der Waals surface area (Å²) in [5, 5.41) is 12.2. The number of nitriles is 1. The van der Waals surface area contributed by atoms with Crippen molar-refractivity contribution < 1.29 is 0 Å². The van der Waals surface area contributed by atoms with Crippen LogP contribution in [0.15, 0.2) is 36.7 Å². The van der Waals surface area contributed by atoms with Gasteiger partial charge in [-0.3, -0.25) is 0 Å². The van der Waals surface area contributed by atoms with Crippen molar-refractivity contribution in [1.82, 2.24) is 19.5 Å². The van der Waals surface area contributed by atoms with E-state index in [1.807, 2.05) is 47.9 Å². The van der Waals surface area contributed by atoms with E-state index < -0.39 is 0 Å². The fraction of sp³-hybridized carbons (Fsp3) is 0.143. The Hall–Kier alpha value is -2.94. The van der Waals surface area contributed by atoms with Crippen LogP contribution in [0.2, 0.25) is 0 Å². The molecule has 0 aliphatic rings. The number of hydrogen-bond acceptors (Lipinski definition) is 5. The third-order valence-electron chi connectivity index (χ3n) is 2.94. The Labute approximate surface area is 115 Å². The van der Waals surface area contributed by atoms with E-state index in [2.05, 4.69) is 20.3 Å². The molecule has 1 aromatic carbocycles. The van der Waals surface area contributed by atoms with Gasteiger partial charge in [-0.05, 0) is 19.1 Å². The van der Waals surface area contributed by atoms with Crippen LogP contribution in [0.3, 0.4) is 0 Å². The lowest BCUT2D eigenvalue weighted by Crippen LogP contribution is -2.01. The molecular formula is C14H12N6. The van der Waals surface area contributed by atoms with Gasteiger partial charge >= 0.3 is 0 Å². The van der Waals surface area contributed by atoms with Crippen LogP contribution < -0.4 is 5.32 Å². The number of fused-ring (bicyclic) bond motifs is 1. The number of para-hydroxylation sites is 1. The lowest BCUT2D eigenvalue weighted by molar-refractivity contribution is 0.776. The average molecular weight is 264 g/mol. The number of anilines is 2. The quantitative estimate of drug-likeness (QED) is 0.786. The minimum atomic E-state index is 0.131. The zero-order valence-electron chi connectivity index (χ0n) is 10.9. The van der Waals surface area contributed by atoms with Gasteiger partial charge in [-0.2, -0.15) is 15.2 Å². The number of nitrogens with one attached hydrogen (secondary N) is 1. The first-order valence-corrected chi connectivity index (χ1v) is 6.27. The summed E-state index contributed by atoms with van der Waals surface area (Å²) in [6.07, 6.45) is 1.71. The Morgan fingerprint density at radius 3 is 2.75 bits per heavy atom. The van der Waals surface area contributed by atoms with Crippen molar-refractivity contribution in [2.75, 3.05) is 5.32 Å². The number of rotatable bonds is 3. The predicted octanol–water partition coefficient (Wildman–Crippen LogP) is 2.46. The summed E-state index contributed by atoms with van der Waals surface area (Å²) in [6.45, 7) is 2.74. The highest BCUT2D eigenvalue weighted by Crippen LogP contribution is 2.22. The monoisotopic (exact) mass is 264 g/mol. The fourth-order valence-corrected chi connectivity index (χ4v) is 1.97. The molecule has 2 aromatic heterocycles. The summed E-state index contributed by atoms with van der Waals surface area (Å²) >= 11 is 0. The molecule has 0 atom stereocenters. The predicted molar refractivity (Wildman–Crippen MR) is 75.4 cm³/mol. The lowest BCUT2D eigenvalue weighted by atomic mass is 10.3. The van der Waals surface area contributed by atoms with Gasteiger partial charge in [0.1, 0.15) is 6.07 Å². The van der Waals surface area contributed by atoms with Crippen LogP contribution in [0.5, 0.6) is 0 Å². The third-order valence-corrected chi connectivity index (χ3v) is 2.94. The molecule has 0 fully saturated rings. The van der Waals surface area contributed by atoms with Crippen LogP contribution in [0.25, 0.3) is 11.2 Å². The van der Waals surface area contributed by atoms with Crippen molar-refractivity contribution in [1.29, 1.82) is 5.26 Å². The molecule has 2 heterocycles. The molecule has 0 amide bonds. The molecule has 6 heteroatoms. The Bertz CT molecular complexity index is 785. The number of hydrogen-bond donors (Lipinski definition) is 1. The number of aromatic nitrogens is 4. The minimum Gasteiger partial charge on any atom is -0.338 e. The molecule has 20 heavy (non-hydrogen) atoms. The van der Waals surface area contributed by atoms with Crippen molar-refractivity contribution >= 4 is 22.7 Å². The van der Waals surface area contributed by atoms with E-state index in [1.54, 1.807) is 6.33 Å². The number of imidazole rings is 1. The Morgan fingerprint density at radius 1 is 1.25 bits per heavy atom. The van der Waals surface area contributed by atoms with Crippen molar-refractivity contribution in [3.05, 3.63) is 42.5 Å². The van der Waals surface area contributed by atoms with E-state index in [-0.39, 0.29) is 5.82 Å². The first kappa shape index (κ1) is 12.1. The highest BCUT2D eigenvalue weighted by Gasteiger charge is 2.12. The third kappa shape index (κ3) is 2.06. The Morgan fingerprint density at radius 2 is 2.05 bits per heavy atom. The van der Waals surface area contributed by atoms with Crippen LogP contribution in [-0.2, 0) is 6.54 Å². The normalized spacial score (nSPS) is 10.4. The first-order valence-electron chi connectivity index (χ1n) is 6.27. The highest BCUT2D eigenvalue weighted by molar-refractivity contribution is 5.85. The van der Waals surface area contributed by atoms with Gasteiger partial charge in [-0.25, -0.2) is 4.98 Å². The molecule has 0 saturated carbocycles. The number of aryl methyl sites for hydroxylation is 1. The lowest BCUT2D eigenvalue weighted by Gasteiger charge is -2.06. The second-order valence-corrected chi connectivity index (χ2v) is 4.20. The molecule has 0 aliphatic heterocycles. The molecule has 0 bridgehead atoms. The maximum absolute atomic E-state index is 9.06. The second kappa shape index (κ2) is 4.97. The molecule has 0 spiro atoms. The van der Waals surface area contributed by atoms with E-state index in [0.29, 0.717) is 17.0 Å². The summed E-state index contributed by atoms with van der Waals surface area (Å²) in [5.41, 5.74) is 2.22. The molecule has 3 rings (SSSR count). The van der Waals surface area contributed by atoms with E-state index >= 15 is 0 Å². The second-order valence-electron chi connectivity index (χ2n) is 4.20. The zero-order chi connectivity index (χ0) is 13.9. The van der Waals surface area contributed by atoms with Gasteiger partial charge in [0.15, 0.2) is 17.0 Å². The molecule has 1 N–H and O–H groups in total.